The molecule has 0 saturated heterocycles. The van der Waals surface area contributed by atoms with Gasteiger partial charge in [0.25, 0.3) is 5.91 Å². The monoisotopic (exact) mass is 449 g/mol. The topological polar surface area (TPSA) is 93.8 Å². The van der Waals surface area contributed by atoms with Gasteiger partial charge >= 0.3 is 0 Å². The van der Waals surface area contributed by atoms with Crippen LogP contribution in [0.2, 0.25) is 0 Å². The second-order valence-electron chi connectivity index (χ2n) is 8.20. The van der Waals surface area contributed by atoms with Gasteiger partial charge in [-0.1, -0.05) is 24.8 Å². The van der Waals surface area contributed by atoms with Crippen LogP contribution in [0.5, 0.6) is 0 Å². The minimum atomic E-state index is -0.146. The quantitative estimate of drug-likeness (QED) is 0.471. The highest BCUT2D eigenvalue weighted by Crippen LogP contribution is 2.20. The molecular weight excluding hydrogens is 422 g/mol. The van der Waals surface area contributed by atoms with Gasteiger partial charge in [-0.05, 0) is 72.3 Å². The van der Waals surface area contributed by atoms with Crippen LogP contribution in [0.1, 0.15) is 34.1 Å². The van der Waals surface area contributed by atoms with E-state index in [-0.39, 0.29) is 5.91 Å². The van der Waals surface area contributed by atoms with Crippen molar-refractivity contribution in [1.29, 1.82) is 0 Å². The Kier molecular flexibility index (Phi) is 6.78. The molecule has 4 rings (SSSR count). The van der Waals surface area contributed by atoms with Crippen molar-refractivity contribution >= 4 is 35.2 Å². The summed E-state index contributed by atoms with van der Waals surface area (Å²) in [4.78, 5) is 25.7. The Morgan fingerprint density at radius 2 is 1.91 bits per heavy atom. The summed E-state index contributed by atoms with van der Waals surface area (Å²) in [5, 5.41) is 6.60. The number of nitrogens with one attached hydrogen (secondary N) is 1. The van der Waals surface area contributed by atoms with Gasteiger partial charge < -0.3 is 11.1 Å². The van der Waals surface area contributed by atoms with Crippen molar-refractivity contribution in [1.82, 2.24) is 20.3 Å². The van der Waals surface area contributed by atoms with Crippen molar-refractivity contribution in [3.8, 4) is 0 Å². The molecule has 0 atom stereocenters. The third-order valence-electron chi connectivity index (χ3n) is 5.63. The molecule has 3 N–H and O–H groups in total. The van der Waals surface area contributed by atoms with Gasteiger partial charge in [0.2, 0.25) is 0 Å². The van der Waals surface area contributed by atoms with Crippen LogP contribution >= 0.6 is 0 Å². The first-order valence-electron chi connectivity index (χ1n) is 11.1. The normalized spacial score (nSPS) is 12.2. The number of anilines is 1. The van der Waals surface area contributed by atoms with E-state index in [0.29, 0.717) is 24.3 Å². The van der Waals surface area contributed by atoms with Crippen LogP contribution in [0.25, 0.3) is 23.4 Å². The zero-order valence-corrected chi connectivity index (χ0v) is 19.4. The van der Waals surface area contributed by atoms with Crippen molar-refractivity contribution in [3.05, 3.63) is 106 Å². The Morgan fingerprint density at radius 3 is 2.74 bits per heavy atom. The number of nitrogens with two attached hydrogens (primary N) is 1. The number of aromatic nitrogens is 3. The molecule has 1 amide bonds. The molecule has 0 saturated carbocycles. The number of amides is 1. The fourth-order valence-corrected chi connectivity index (χ4v) is 3.75. The van der Waals surface area contributed by atoms with Crippen LogP contribution in [0.4, 0.5) is 5.82 Å². The Hall–Kier alpha value is -4.32. The van der Waals surface area contributed by atoms with E-state index >= 15 is 0 Å². The van der Waals surface area contributed by atoms with Gasteiger partial charge in [0, 0.05) is 53.4 Å². The lowest BCUT2D eigenvalue weighted by molar-refractivity contribution is 0.0950. The van der Waals surface area contributed by atoms with Gasteiger partial charge in [-0.3, -0.25) is 14.8 Å². The molecule has 0 fully saturated rings. The van der Waals surface area contributed by atoms with E-state index in [1.54, 1.807) is 18.5 Å². The lowest BCUT2D eigenvalue weighted by Crippen LogP contribution is -2.26. The predicted octanol–water partition coefficient (Wildman–Crippen LogP) is 3.23. The zero-order chi connectivity index (χ0) is 24.1. The average molecular weight is 450 g/mol. The van der Waals surface area contributed by atoms with Gasteiger partial charge in [0.1, 0.15) is 5.82 Å². The number of rotatable bonds is 6. The van der Waals surface area contributed by atoms with Crippen LogP contribution in [0, 0.1) is 6.92 Å². The first kappa shape index (κ1) is 22.9. The average Bonchev–Trinajstić information content (AvgIpc) is 2.84. The Labute approximate surface area is 198 Å². The summed E-state index contributed by atoms with van der Waals surface area (Å²) in [7, 11) is 0. The van der Waals surface area contributed by atoms with E-state index in [2.05, 4.69) is 39.0 Å². The molecular formula is C28H27N5O. The summed E-state index contributed by atoms with van der Waals surface area (Å²) in [5.41, 5.74) is 10.5. The fourth-order valence-electron chi connectivity index (χ4n) is 3.75. The summed E-state index contributed by atoms with van der Waals surface area (Å²) in [5.74, 6) is 0.354. The van der Waals surface area contributed by atoms with E-state index in [4.69, 9.17) is 5.73 Å². The first-order valence-corrected chi connectivity index (χ1v) is 11.1. The molecule has 6 heteroatoms. The number of benzene rings is 1. The number of aryl methyl sites for hydroxylation is 1. The maximum atomic E-state index is 12.8. The van der Waals surface area contributed by atoms with Crippen molar-refractivity contribution in [2.45, 2.75) is 26.8 Å². The van der Waals surface area contributed by atoms with Crippen LogP contribution in [-0.4, -0.2) is 20.9 Å². The second-order valence-corrected chi connectivity index (χ2v) is 8.20. The zero-order valence-electron chi connectivity index (χ0n) is 19.4. The van der Waals surface area contributed by atoms with Crippen molar-refractivity contribution in [3.63, 3.8) is 0 Å². The summed E-state index contributed by atoms with van der Waals surface area (Å²) in [6.07, 6.45) is 9.87. The lowest BCUT2D eigenvalue weighted by Gasteiger charge is -2.09. The van der Waals surface area contributed by atoms with E-state index in [1.807, 2.05) is 56.5 Å². The number of hydrogen-bond acceptors (Lipinski definition) is 5. The number of hydrogen-bond donors (Lipinski definition) is 2. The van der Waals surface area contributed by atoms with Crippen molar-refractivity contribution in [2.75, 3.05) is 5.73 Å². The Balaban J connectivity index is 1.47. The standard InChI is InChI=1S/C28H27N5O/c1-4-20(12-24-11-18(2)16-32-19(24)3)14-25-15-23(8-9-30-25)28(34)33-17-21-5-6-26-22(13-21)7-10-31-27(26)29/h4-13,15-16H,3,14,17H2,1-2H3,(H2,29,31)(H,33,34)/b20-4+,24-12-. The van der Waals surface area contributed by atoms with Gasteiger partial charge in [-0.15, -0.1) is 0 Å². The third kappa shape index (κ3) is 5.35. The number of nitrogens with zero attached hydrogens (tertiary/aromatic N) is 3. The molecule has 170 valence electrons. The SMILES string of the molecule is C=c1ncc(C)c/c1=C/C(=C\C)Cc1cc(C(=O)NCc2ccc3c(N)nccc3c2)ccn1. The van der Waals surface area contributed by atoms with E-state index in [9.17, 15) is 4.79 Å². The van der Waals surface area contributed by atoms with Crippen molar-refractivity contribution in [2.24, 2.45) is 0 Å². The molecule has 0 unspecified atom stereocenters. The Bertz CT molecular complexity index is 1510. The second kappa shape index (κ2) is 10.1. The molecule has 0 spiro atoms. The maximum Gasteiger partial charge on any atom is 0.251 e. The highest BCUT2D eigenvalue weighted by atomic mass is 16.1. The molecule has 0 aliphatic rings. The molecule has 34 heavy (non-hydrogen) atoms. The number of carbonyl (C=O) groups is 1. The largest absolute Gasteiger partial charge is 0.383 e. The molecule has 1 aromatic carbocycles. The van der Waals surface area contributed by atoms with E-state index < -0.39 is 0 Å². The fraction of sp³-hybridized carbons (Fsp3) is 0.143. The summed E-state index contributed by atoms with van der Waals surface area (Å²) in [6, 6.07) is 13.4. The van der Waals surface area contributed by atoms with E-state index in [0.717, 1.165) is 43.7 Å². The first-order chi connectivity index (χ1) is 16.4. The molecule has 0 radical (unpaired) electrons. The van der Waals surface area contributed by atoms with Gasteiger partial charge in [0.05, 0.1) is 5.35 Å². The minimum absolute atomic E-state index is 0.146. The number of allylic oxidation sites excluding steroid dienone is 2. The van der Waals surface area contributed by atoms with E-state index in [1.165, 1.54) is 0 Å². The van der Waals surface area contributed by atoms with Crippen LogP contribution in [0.3, 0.4) is 0 Å². The molecule has 0 aliphatic carbocycles. The molecule has 0 aliphatic heterocycles. The number of nitrogen functional groups attached to an aromatic ring is 1. The molecule has 6 nitrogen and oxygen atoms in total. The van der Waals surface area contributed by atoms with Crippen LogP contribution < -0.4 is 21.6 Å². The number of pyridine rings is 3. The number of carbonyl (C=O) groups excluding carboxylic acids is 1. The third-order valence-corrected chi connectivity index (χ3v) is 5.63. The molecule has 0 bridgehead atoms. The minimum Gasteiger partial charge on any atom is -0.383 e. The predicted molar refractivity (Wildman–Crippen MR) is 137 cm³/mol. The van der Waals surface area contributed by atoms with Gasteiger partial charge in [-0.25, -0.2) is 4.98 Å². The number of fused-ring (bicyclic) bond motifs is 1. The highest BCUT2D eigenvalue weighted by molar-refractivity contribution is 5.94. The molecule has 3 heterocycles. The lowest BCUT2D eigenvalue weighted by atomic mass is 10.1. The van der Waals surface area contributed by atoms with Crippen LogP contribution in [-0.2, 0) is 13.0 Å². The summed E-state index contributed by atoms with van der Waals surface area (Å²) < 4.78 is 0. The maximum absolute atomic E-state index is 12.8. The smallest absolute Gasteiger partial charge is 0.251 e. The van der Waals surface area contributed by atoms with Crippen molar-refractivity contribution < 1.29 is 4.79 Å². The highest BCUT2D eigenvalue weighted by Gasteiger charge is 2.09. The summed E-state index contributed by atoms with van der Waals surface area (Å²) >= 11 is 0. The molecule has 4 aromatic rings. The summed E-state index contributed by atoms with van der Waals surface area (Å²) in [6.45, 7) is 8.42. The van der Waals surface area contributed by atoms with Gasteiger partial charge in [0.15, 0.2) is 0 Å². The Morgan fingerprint density at radius 1 is 1.09 bits per heavy atom. The van der Waals surface area contributed by atoms with Crippen LogP contribution in [0.15, 0.2) is 72.7 Å². The molecule has 3 aromatic heterocycles. The van der Waals surface area contributed by atoms with Gasteiger partial charge in [-0.2, -0.15) is 0 Å².